The smallest absolute Gasteiger partial charge is 0.223 e. The SMILES string of the molecule is CC(COc1ccc(Cl)nc1)C(N)=O. The Balaban J connectivity index is 2.46. The van der Waals surface area contributed by atoms with E-state index in [2.05, 4.69) is 4.98 Å². The summed E-state index contributed by atoms with van der Waals surface area (Å²) in [6.45, 7) is 1.95. The third kappa shape index (κ3) is 3.22. The summed E-state index contributed by atoms with van der Waals surface area (Å²) in [5, 5.41) is 0.403. The second kappa shape index (κ2) is 4.81. The molecule has 0 saturated carbocycles. The lowest BCUT2D eigenvalue weighted by Gasteiger charge is -2.09. The molecule has 1 amide bonds. The predicted molar refractivity (Wildman–Crippen MR) is 53.1 cm³/mol. The molecular formula is C9H11ClN2O2. The van der Waals surface area contributed by atoms with Crippen molar-refractivity contribution in [2.24, 2.45) is 11.7 Å². The molecule has 4 nitrogen and oxygen atoms in total. The van der Waals surface area contributed by atoms with Gasteiger partial charge in [-0.1, -0.05) is 18.5 Å². The van der Waals surface area contributed by atoms with E-state index in [1.54, 1.807) is 19.1 Å². The van der Waals surface area contributed by atoms with Crippen LogP contribution in [0, 0.1) is 5.92 Å². The van der Waals surface area contributed by atoms with E-state index < -0.39 is 0 Å². The number of rotatable bonds is 4. The van der Waals surface area contributed by atoms with Gasteiger partial charge in [-0.15, -0.1) is 0 Å². The van der Waals surface area contributed by atoms with Gasteiger partial charge in [0.2, 0.25) is 5.91 Å². The van der Waals surface area contributed by atoms with E-state index >= 15 is 0 Å². The van der Waals surface area contributed by atoms with Crippen molar-refractivity contribution in [1.82, 2.24) is 4.98 Å². The molecule has 0 fully saturated rings. The fraction of sp³-hybridized carbons (Fsp3) is 0.333. The summed E-state index contributed by atoms with van der Waals surface area (Å²) < 4.78 is 5.26. The standard InChI is InChI=1S/C9H11ClN2O2/c1-6(9(11)13)5-14-7-2-3-8(10)12-4-7/h2-4,6H,5H2,1H3,(H2,11,13). The topological polar surface area (TPSA) is 65.2 Å². The van der Waals surface area contributed by atoms with Gasteiger partial charge in [0.05, 0.1) is 18.7 Å². The van der Waals surface area contributed by atoms with Crippen molar-refractivity contribution in [3.05, 3.63) is 23.5 Å². The molecule has 1 aromatic rings. The number of hydrogen-bond acceptors (Lipinski definition) is 3. The molecule has 0 bridgehead atoms. The summed E-state index contributed by atoms with van der Waals surface area (Å²) in [7, 11) is 0. The fourth-order valence-electron chi connectivity index (χ4n) is 0.751. The molecule has 5 heteroatoms. The minimum atomic E-state index is -0.382. The minimum Gasteiger partial charge on any atom is -0.491 e. The summed E-state index contributed by atoms with van der Waals surface area (Å²) in [6.07, 6.45) is 1.50. The first-order valence-corrected chi connectivity index (χ1v) is 4.51. The highest BCUT2D eigenvalue weighted by molar-refractivity contribution is 6.29. The first-order valence-electron chi connectivity index (χ1n) is 4.13. The molecule has 76 valence electrons. The highest BCUT2D eigenvalue weighted by Gasteiger charge is 2.09. The van der Waals surface area contributed by atoms with Crippen molar-refractivity contribution in [2.75, 3.05) is 6.61 Å². The van der Waals surface area contributed by atoms with Crippen molar-refractivity contribution < 1.29 is 9.53 Å². The number of ether oxygens (including phenoxy) is 1. The molecule has 0 aromatic carbocycles. The van der Waals surface area contributed by atoms with Gasteiger partial charge in [-0.05, 0) is 12.1 Å². The summed E-state index contributed by atoms with van der Waals surface area (Å²) >= 11 is 5.58. The maximum absolute atomic E-state index is 10.7. The van der Waals surface area contributed by atoms with Gasteiger partial charge in [0.25, 0.3) is 0 Å². The Morgan fingerprint density at radius 3 is 2.93 bits per heavy atom. The van der Waals surface area contributed by atoms with Gasteiger partial charge < -0.3 is 10.5 Å². The van der Waals surface area contributed by atoms with E-state index in [1.165, 1.54) is 6.20 Å². The molecule has 14 heavy (non-hydrogen) atoms. The molecule has 1 atom stereocenters. The van der Waals surface area contributed by atoms with Gasteiger partial charge in [0.15, 0.2) is 0 Å². The van der Waals surface area contributed by atoms with Crippen LogP contribution >= 0.6 is 11.6 Å². The molecule has 2 N–H and O–H groups in total. The number of carbonyl (C=O) groups excluding carboxylic acids is 1. The van der Waals surface area contributed by atoms with Gasteiger partial charge in [-0.3, -0.25) is 4.79 Å². The number of primary amides is 1. The zero-order valence-corrected chi connectivity index (χ0v) is 8.49. The predicted octanol–water partition coefficient (Wildman–Crippen LogP) is 1.24. The molecule has 1 unspecified atom stereocenters. The maximum atomic E-state index is 10.7. The summed E-state index contributed by atoms with van der Waals surface area (Å²) in [5.41, 5.74) is 5.07. The summed E-state index contributed by atoms with van der Waals surface area (Å²) in [5.74, 6) is -0.125. The number of carbonyl (C=O) groups is 1. The lowest BCUT2D eigenvalue weighted by Crippen LogP contribution is -2.25. The number of nitrogens with zero attached hydrogens (tertiary/aromatic N) is 1. The van der Waals surface area contributed by atoms with Crippen LogP contribution in [0.2, 0.25) is 5.15 Å². The Kier molecular flexibility index (Phi) is 3.71. The highest BCUT2D eigenvalue weighted by Crippen LogP contribution is 2.12. The number of amides is 1. The number of pyridine rings is 1. The number of halogens is 1. The second-order valence-corrected chi connectivity index (χ2v) is 3.32. The normalized spacial score (nSPS) is 12.1. The maximum Gasteiger partial charge on any atom is 0.223 e. The monoisotopic (exact) mass is 214 g/mol. The molecule has 1 aromatic heterocycles. The fourth-order valence-corrected chi connectivity index (χ4v) is 0.863. The molecule has 0 spiro atoms. The van der Waals surface area contributed by atoms with Crippen molar-refractivity contribution >= 4 is 17.5 Å². The average molecular weight is 215 g/mol. The minimum absolute atomic E-state index is 0.249. The zero-order valence-electron chi connectivity index (χ0n) is 7.74. The lowest BCUT2D eigenvalue weighted by atomic mass is 10.2. The van der Waals surface area contributed by atoms with Gasteiger partial charge in [-0.2, -0.15) is 0 Å². The Morgan fingerprint density at radius 2 is 2.43 bits per heavy atom. The molecule has 0 aliphatic rings. The molecular weight excluding hydrogens is 204 g/mol. The first kappa shape index (κ1) is 10.8. The van der Waals surface area contributed by atoms with Gasteiger partial charge in [0, 0.05) is 0 Å². The van der Waals surface area contributed by atoms with E-state index in [0.717, 1.165) is 0 Å². The van der Waals surface area contributed by atoms with Crippen LogP contribution in [-0.2, 0) is 4.79 Å². The molecule has 0 aliphatic carbocycles. The van der Waals surface area contributed by atoms with Crippen LogP contribution < -0.4 is 10.5 Å². The molecule has 0 radical (unpaired) electrons. The highest BCUT2D eigenvalue weighted by atomic mass is 35.5. The quantitative estimate of drug-likeness (QED) is 0.767. The van der Waals surface area contributed by atoms with Crippen molar-refractivity contribution in [3.8, 4) is 5.75 Å². The van der Waals surface area contributed by atoms with Crippen LogP contribution in [-0.4, -0.2) is 17.5 Å². The number of hydrogen-bond donors (Lipinski definition) is 1. The molecule has 0 saturated heterocycles. The summed E-state index contributed by atoms with van der Waals surface area (Å²) in [4.78, 5) is 14.5. The Labute approximate surface area is 87.0 Å². The molecule has 1 heterocycles. The van der Waals surface area contributed by atoms with Crippen LogP contribution in [0.4, 0.5) is 0 Å². The second-order valence-electron chi connectivity index (χ2n) is 2.93. The van der Waals surface area contributed by atoms with Crippen molar-refractivity contribution in [1.29, 1.82) is 0 Å². The van der Waals surface area contributed by atoms with Crippen LogP contribution in [0.15, 0.2) is 18.3 Å². The van der Waals surface area contributed by atoms with E-state index in [-0.39, 0.29) is 18.4 Å². The van der Waals surface area contributed by atoms with Crippen LogP contribution in [0.5, 0.6) is 5.75 Å². The molecule has 1 rings (SSSR count). The Hall–Kier alpha value is -1.29. The lowest BCUT2D eigenvalue weighted by molar-refractivity contribution is -0.122. The first-order chi connectivity index (χ1) is 6.59. The van der Waals surface area contributed by atoms with Crippen LogP contribution in [0.1, 0.15) is 6.92 Å². The Morgan fingerprint density at radius 1 is 1.71 bits per heavy atom. The third-order valence-electron chi connectivity index (χ3n) is 1.69. The van der Waals surface area contributed by atoms with E-state index in [0.29, 0.717) is 10.9 Å². The largest absolute Gasteiger partial charge is 0.491 e. The van der Waals surface area contributed by atoms with E-state index in [4.69, 9.17) is 22.1 Å². The van der Waals surface area contributed by atoms with Crippen LogP contribution in [0.25, 0.3) is 0 Å². The van der Waals surface area contributed by atoms with Gasteiger partial charge in [-0.25, -0.2) is 4.98 Å². The van der Waals surface area contributed by atoms with E-state index in [9.17, 15) is 4.79 Å². The average Bonchev–Trinajstić information content (AvgIpc) is 2.16. The van der Waals surface area contributed by atoms with Crippen LogP contribution in [0.3, 0.4) is 0 Å². The third-order valence-corrected chi connectivity index (χ3v) is 1.91. The van der Waals surface area contributed by atoms with E-state index in [1.807, 2.05) is 0 Å². The molecule has 0 aliphatic heterocycles. The van der Waals surface area contributed by atoms with Gasteiger partial charge >= 0.3 is 0 Å². The van der Waals surface area contributed by atoms with Crippen molar-refractivity contribution in [2.45, 2.75) is 6.92 Å². The zero-order chi connectivity index (χ0) is 10.6. The number of nitrogens with two attached hydrogens (primary N) is 1. The van der Waals surface area contributed by atoms with Gasteiger partial charge in [0.1, 0.15) is 10.9 Å². The summed E-state index contributed by atoms with van der Waals surface area (Å²) in [6, 6.07) is 3.30. The van der Waals surface area contributed by atoms with Crippen molar-refractivity contribution in [3.63, 3.8) is 0 Å². The Bertz CT molecular complexity index is 313. The number of aromatic nitrogens is 1.